The summed E-state index contributed by atoms with van der Waals surface area (Å²) < 4.78 is 0. The molecule has 6 nitrogen and oxygen atoms in total. The van der Waals surface area contributed by atoms with Crippen molar-refractivity contribution in [2.24, 2.45) is 46.3 Å². The van der Waals surface area contributed by atoms with Crippen molar-refractivity contribution in [3.05, 3.63) is 0 Å². The Morgan fingerprint density at radius 2 is 1.84 bits per heavy atom. The molecule has 4 fully saturated rings. The van der Waals surface area contributed by atoms with E-state index in [-0.39, 0.29) is 29.4 Å². The maximum Gasteiger partial charge on any atom is 0.322 e. The van der Waals surface area contributed by atoms with E-state index in [0.717, 1.165) is 38.5 Å². The number of hydrogen-bond acceptors (Lipinski definition) is 4. The number of hydrogen-bond donors (Lipinski definition) is 3. The molecular formula is C26H41NO5. The van der Waals surface area contributed by atoms with Gasteiger partial charge in [0.05, 0.1) is 6.10 Å². The lowest BCUT2D eigenvalue weighted by Gasteiger charge is -2.62. The lowest BCUT2D eigenvalue weighted by atomic mass is 9.44. The molecule has 32 heavy (non-hydrogen) atoms. The van der Waals surface area contributed by atoms with E-state index in [2.05, 4.69) is 26.1 Å². The van der Waals surface area contributed by atoms with E-state index in [4.69, 9.17) is 5.11 Å². The second kappa shape index (κ2) is 8.73. The molecule has 1 amide bonds. The van der Waals surface area contributed by atoms with Crippen molar-refractivity contribution in [1.29, 1.82) is 0 Å². The Bertz CT molecular complexity index is 767. The zero-order chi connectivity index (χ0) is 23.3. The number of carboxylic acids is 1. The maximum atomic E-state index is 12.1. The molecule has 0 aliphatic heterocycles. The average molecular weight is 448 g/mol. The van der Waals surface area contributed by atoms with E-state index in [1.54, 1.807) is 0 Å². The van der Waals surface area contributed by atoms with Crippen LogP contribution in [0.2, 0.25) is 0 Å². The van der Waals surface area contributed by atoms with Gasteiger partial charge in [0.15, 0.2) is 0 Å². The summed E-state index contributed by atoms with van der Waals surface area (Å²) in [6.07, 6.45) is 8.57. The fraction of sp³-hybridized carbons (Fsp3) is 0.885. The van der Waals surface area contributed by atoms with Crippen LogP contribution < -0.4 is 5.32 Å². The number of rotatable bonds is 6. The van der Waals surface area contributed by atoms with Crippen molar-refractivity contribution in [3.63, 3.8) is 0 Å². The van der Waals surface area contributed by atoms with Crippen LogP contribution in [-0.4, -0.2) is 40.5 Å². The molecule has 0 heterocycles. The van der Waals surface area contributed by atoms with Gasteiger partial charge >= 0.3 is 5.97 Å². The zero-order valence-corrected chi connectivity index (χ0v) is 19.9. The Hall–Kier alpha value is -1.43. The van der Waals surface area contributed by atoms with Crippen molar-refractivity contribution in [2.75, 3.05) is 6.54 Å². The number of fused-ring (bicyclic) bond motifs is 5. The number of Topliss-reactive ketones (excluding diaryl/α,β-unsaturated/α-hetero) is 1. The molecule has 0 radical (unpaired) electrons. The summed E-state index contributed by atoms with van der Waals surface area (Å²) in [5, 5.41) is 22.5. The van der Waals surface area contributed by atoms with Crippen LogP contribution in [0, 0.1) is 46.3 Å². The minimum Gasteiger partial charge on any atom is -0.480 e. The fourth-order valence-electron chi connectivity index (χ4n) is 8.81. The quantitative estimate of drug-likeness (QED) is 0.575. The molecule has 0 aromatic rings. The van der Waals surface area contributed by atoms with E-state index in [9.17, 15) is 19.5 Å². The van der Waals surface area contributed by atoms with E-state index >= 15 is 0 Å². The van der Waals surface area contributed by atoms with Crippen LogP contribution >= 0.6 is 0 Å². The molecule has 9 atom stereocenters. The summed E-state index contributed by atoms with van der Waals surface area (Å²) >= 11 is 0. The highest BCUT2D eigenvalue weighted by atomic mass is 16.4. The van der Waals surface area contributed by atoms with Gasteiger partial charge in [0.2, 0.25) is 5.91 Å². The predicted octanol–water partition coefficient (Wildman–Crippen LogP) is 3.80. The van der Waals surface area contributed by atoms with Crippen molar-refractivity contribution in [1.82, 2.24) is 5.32 Å². The van der Waals surface area contributed by atoms with E-state index in [1.807, 2.05) is 0 Å². The largest absolute Gasteiger partial charge is 0.480 e. The highest BCUT2D eigenvalue weighted by Crippen LogP contribution is 2.68. The number of ketones is 1. The van der Waals surface area contributed by atoms with Gasteiger partial charge in [-0.25, -0.2) is 0 Å². The van der Waals surface area contributed by atoms with E-state index in [0.29, 0.717) is 60.6 Å². The molecule has 4 rings (SSSR count). The number of amides is 1. The van der Waals surface area contributed by atoms with Crippen LogP contribution in [0.3, 0.4) is 0 Å². The molecule has 3 N–H and O–H groups in total. The first-order valence-electron chi connectivity index (χ1n) is 12.7. The average Bonchev–Trinajstić information content (AvgIpc) is 3.09. The SMILES string of the molecule is C[C@H](CCC(=O)NCC(=O)O)C1CC[C@H]2[C@@H]3[C@H](O)C[C@@H]4CC(=O)CC[C@]4(C)[C@H]3CC[C@]12C. The van der Waals surface area contributed by atoms with Crippen LogP contribution in [-0.2, 0) is 14.4 Å². The van der Waals surface area contributed by atoms with Crippen LogP contribution in [0.25, 0.3) is 0 Å². The molecule has 4 aliphatic carbocycles. The number of aliphatic hydroxyl groups excluding tert-OH is 1. The number of aliphatic carboxylic acids is 1. The molecule has 1 unspecified atom stereocenters. The number of aliphatic hydroxyl groups is 1. The van der Waals surface area contributed by atoms with Gasteiger partial charge < -0.3 is 15.5 Å². The van der Waals surface area contributed by atoms with Crippen molar-refractivity contribution >= 4 is 17.7 Å². The standard InChI is InChI=1S/C26H41NO5/c1-15(4-7-22(30)27-14-23(31)32)18-5-6-19-24-20(9-11-26(18,19)3)25(2)10-8-17(28)12-16(25)13-21(24)29/h15-16,18-21,24,29H,4-14H2,1-3H3,(H,27,30)(H,31,32)/t15-,16+,18?,19+,20+,21-,24+,25+,26-/m1/s1. The van der Waals surface area contributed by atoms with Gasteiger partial charge in [-0.15, -0.1) is 0 Å². The van der Waals surface area contributed by atoms with Crippen LogP contribution in [0.1, 0.15) is 85.0 Å². The summed E-state index contributed by atoms with van der Waals surface area (Å²) in [6.45, 7) is 6.76. The molecule has 0 aromatic carbocycles. The Balaban J connectivity index is 1.44. The summed E-state index contributed by atoms with van der Waals surface area (Å²) in [5.74, 6) is 1.80. The molecule has 0 spiro atoms. The third-order valence-corrected chi connectivity index (χ3v) is 10.5. The highest BCUT2D eigenvalue weighted by molar-refractivity contribution is 5.81. The highest BCUT2D eigenvalue weighted by Gasteiger charge is 2.62. The van der Waals surface area contributed by atoms with Crippen LogP contribution in [0.15, 0.2) is 0 Å². The monoisotopic (exact) mass is 447 g/mol. The molecule has 6 heteroatoms. The van der Waals surface area contributed by atoms with Crippen LogP contribution in [0.5, 0.6) is 0 Å². The molecule has 4 saturated carbocycles. The van der Waals surface area contributed by atoms with Crippen molar-refractivity contribution in [3.8, 4) is 0 Å². The number of nitrogens with one attached hydrogen (secondary N) is 1. The van der Waals surface area contributed by atoms with Gasteiger partial charge in [0.1, 0.15) is 12.3 Å². The van der Waals surface area contributed by atoms with Gasteiger partial charge in [-0.05, 0) is 91.3 Å². The Labute approximate surface area is 191 Å². The smallest absolute Gasteiger partial charge is 0.322 e. The predicted molar refractivity (Wildman–Crippen MR) is 121 cm³/mol. The minimum atomic E-state index is -1.02. The van der Waals surface area contributed by atoms with Crippen LogP contribution in [0.4, 0.5) is 0 Å². The molecule has 4 aliphatic rings. The third-order valence-electron chi connectivity index (χ3n) is 10.5. The van der Waals surface area contributed by atoms with Gasteiger partial charge in [0.25, 0.3) is 0 Å². The number of carbonyl (C=O) groups excluding carboxylic acids is 2. The molecule has 180 valence electrons. The van der Waals surface area contributed by atoms with Gasteiger partial charge in [-0.1, -0.05) is 20.8 Å². The lowest BCUT2D eigenvalue weighted by Crippen LogP contribution is -2.58. The summed E-state index contributed by atoms with van der Waals surface area (Å²) in [6, 6.07) is 0. The normalized spacial score (nSPS) is 44.2. The molecule has 0 bridgehead atoms. The van der Waals surface area contributed by atoms with Gasteiger partial charge in [-0.2, -0.15) is 0 Å². The number of carbonyl (C=O) groups is 3. The first kappa shape index (κ1) is 23.7. The Morgan fingerprint density at radius 3 is 2.56 bits per heavy atom. The second-order valence-corrected chi connectivity index (χ2v) is 12.0. The Morgan fingerprint density at radius 1 is 1.12 bits per heavy atom. The van der Waals surface area contributed by atoms with Gasteiger partial charge in [0, 0.05) is 19.3 Å². The third kappa shape index (κ3) is 4.01. The molecule has 0 saturated heterocycles. The Kier molecular flexibility index (Phi) is 6.47. The van der Waals surface area contributed by atoms with E-state index < -0.39 is 5.97 Å². The first-order chi connectivity index (χ1) is 15.1. The summed E-state index contributed by atoms with van der Waals surface area (Å²) in [4.78, 5) is 34.8. The lowest BCUT2D eigenvalue weighted by molar-refractivity contribution is -0.168. The van der Waals surface area contributed by atoms with E-state index in [1.165, 1.54) is 6.42 Å². The topological polar surface area (TPSA) is 104 Å². The minimum absolute atomic E-state index is 0.184. The molecule has 0 aromatic heterocycles. The second-order valence-electron chi connectivity index (χ2n) is 12.0. The van der Waals surface area contributed by atoms with Gasteiger partial charge in [-0.3, -0.25) is 14.4 Å². The number of carboxylic acid groups (broad SMARTS) is 1. The zero-order valence-electron chi connectivity index (χ0n) is 19.9. The maximum absolute atomic E-state index is 12.1. The molecular weight excluding hydrogens is 406 g/mol. The van der Waals surface area contributed by atoms with Crippen molar-refractivity contribution in [2.45, 2.75) is 91.1 Å². The fourth-order valence-corrected chi connectivity index (χ4v) is 8.81. The summed E-state index contributed by atoms with van der Waals surface area (Å²) in [7, 11) is 0. The first-order valence-corrected chi connectivity index (χ1v) is 12.7. The van der Waals surface area contributed by atoms with Crippen molar-refractivity contribution < 1.29 is 24.6 Å². The summed E-state index contributed by atoms with van der Waals surface area (Å²) in [5.41, 5.74) is 0.373.